The first-order chi connectivity index (χ1) is 18.7. The summed E-state index contributed by atoms with van der Waals surface area (Å²) in [6, 6.07) is 21.7. The predicted octanol–water partition coefficient (Wildman–Crippen LogP) is 5.08. The van der Waals surface area contributed by atoms with Gasteiger partial charge in [0.25, 0.3) is 0 Å². The zero-order chi connectivity index (χ0) is 27.3. The molecule has 1 saturated heterocycles. The Balaban J connectivity index is 1.21. The fraction of sp³-hybridized carbons (Fsp3) is 0.323. The molecule has 8 heteroatoms. The summed E-state index contributed by atoms with van der Waals surface area (Å²) in [5.41, 5.74) is 0.0574. The normalized spacial score (nSPS) is 26.7. The third kappa shape index (κ3) is 4.43. The van der Waals surface area contributed by atoms with Crippen molar-refractivity contribution in [3.05, 3.63) is 95.8 Å². The lowest BCUT2D eigenvalue weighted by atomic mass is 9.78. The van der Waals surface area contributed by atoms with Gasteiger partial charge < -0.3 is 18.9 Å². The van der Waals surface area contributed by atoms with Gasteiger partial charge in [0, 0.05) is 11.8 Å². The summed E-state index contributed by atoms with van der Waals surface area (Å²) in [5, 5.41) is 0. The van der Waals surface area contributed by atoms with Crippen LogP contribution in [0.5, 0.6) is 11.5 Å². The quantitative estimate of drug-likeness (QED) is 0.311. The summed E-state index contributed by atoms with van der Waals surface area (Å²) in [5.74, 6) is -4.12. The Hall–Kier alpha value is -4.20. The molecule has 2 bridgehead atoms. The van der Waals surface area contributed by atoms with Crippen molar-refractivity contribution in [1.82, 2.24) is 0 Å². The Kier molecular flexibility index (Phi) is 6.13. The number of halogens is 1. The molecule has 200 valence electrons. The lowest BCUT2D eigenvalue weighted by Gasteiger charge is -2.30. The largest absolute Gasteiger partial charge is 0.480 e. The van der Waals surface area contributed by atoms with Crippen molar-refractivity contribution < 1.29 is 37.7 Å². The predicted molar refractivity (Wildman–Crippen MR) is 136 cm³/mol. The zero-order valence-electron chi connectivity index (χ0n) is 21.4. The minimum absolute atomic E-state index is 0.0855. The number of benzene rings is 3. The van der Waals surface area contributed by atoms with Crippen molar-refractivity contribution in [3.63, 3.8) is 0 Å². The second-order valence-electron chi connectivity index (χ2n) is 10.7. The Morgan fingerprint density at radius 1 is 0.949 bits per heavy atom. The second kappa shape index (κ2) is 9.52. The molecule has 6 unspecified atom stereocenters. The fourth-order valence-electron chi connectivity index (χ4n) is 6.22. The van der Waals surface area contributed by atoms with Crippen molar-refractivity contribution in [3.8, 4) is 11.5 Å². The lowest BCUT2D eigenvalue weighted by molar-refractivity contribution is -0.149. The molecule has 39 heavy (non-hydrogen) atoms. The average molecular weight is 531 g/mol. The van der Waals surface area contributed by atoms with E-state index >= 15 is 0 Å². The van der Waals surface area contributed by atoms with Crippen LogP contribution in [0, 0.1) is 29.5 Å². The summed E-state index contributed by atoms with van der Waals surface area (Å²) < 4.78 is 37.7. The highest BCUT2D eigenvalue weighted by Crippen LogP contribution is 2.59. The highest BCUT2D eigenvalue weighted by atomic mass is 19.1. The van der Waals surface area contributed by atoms with E-state index in [9.17, 15) is 18.8 Å². The minimum atomic E-state index is -0.866. The molecule has 1 aliphatic heterocycles. The van der Waals surface area contributed by atoms with Gasteiger partial charge in [-0.05, 0) is 56.2 Å². The zero-order valence-corrected chi connectivity index (χ0v) is 21.4. The van der Waals surface area contributed by atoms with Gasteiger partial charge in [0.2, 0.25) is 0 Å². The number of ether oxygens (including phenoxy) is 4. The van der Waals surface area contributed by atoms with Crippen LogP contribution in [0.2, 0.25) is 0 Å². The van der Waals surface area contributed by atoms with Crippen LogP contribution in [-0.2, 0) is 24.7 Å². The molecule has 6 atom stereocenters. The van der Waals surface area contributed by atoms with E-state index in [1.807, 2.05) is 44.2 Å². The van der Waals surface area contributed by atoms with Gasteiger partial charge in [-0.2, -0.15) is 0 Å². The molecule has 7 nitrogen and oxygen atoms in total. The molecule has 0 aromatic heterocycles. The highest BCUT2D eigenvalue weighted by molar-refractivity contribution is 5.91. The molecule has 1 heterocycles. The molecular weight excluding hydrogens is 503 g/mol. The maximum absolute atomic E-state index is 14.7. The molecule has 0 radical (unpaired) electrons. The molecule has 0 amide bonds. The Labute approximate surface area is 224 Å². The van der Waals surface area contributed by atoms with Gasteiger partial charge >= 0.3 is 17.9 Å². The summed E-state index contributed by atoms with van der Waals surface area (Å²) in [6.07, 6.45) is -0.921. The van der Waals surface area contributed by atoms with Crippen molar-refractivity contribution in [2.75, 3.05) is 0 Å². The van der Waals surface area contributed by atoms with Crippen LogP contribution in [0.25, 0.3) is 0 Å². The Morgan fingerprint density at radius 3 is 2.36 bits per heavy atom. The molecular formula is C31H27FO7. The van der Waals surface area contributed by atoms with E-state index in [2.05, 4.69) is 0 Å². The van der Waals surface area contributed by atoms with Gasteiger partial charge in [0.15, 0.2) is 11.6 Å². The Morgan fingerprint density at radius 2 is 1.64 bits per heavy atom. The maximum atomic E-state index is 14.7. The van der Waals surface area contributed by atoms with Crippen LogP contribution in [0.15, 0.2) is 78.9 Å². The molecule has 6 rings (SSSR count). The third-order valence-corrected chi connectivity index (χ3v) is 8.02. The molecule has 2 aliphatic carbocycles. The van der Waals surface area contributed by atoms with Crippen molar-refractivity contribution >= 4 is 17.9 Å². The van der Waals surface area contributed by atoms with E-state index in [-0.39, 0.29) is 17.2 Å². The molecule has 2 saturated carbocycles. The van der Waals surface area contributed by atoms with E-state index < -0.39 is 59.3 Å². The van der Waals surface area contributed by atoms with Crippen molar-refractivity contribution in [2.45, 2.75) is 38.1 Å². The first-order valence-electron chi connectivity index (χ1n) is 13.0. The average Bonchev–Trinajstić information content (AvgIpc) is 3.55. The topological polar surface area (TPSA) is 88.1 Å². The van der Waals surface area contributed by atoms with E-state index in [0.717, 1.165) is 11.6 Å². The summed E-state index contributed by atoms with van der Waals surface area (Å²) >= 11 is 0. The van der Waals surface area contributed by atoms with E-state index in [4.69, 9.17) is 18.9 Å². The SMILES string of the molecule is CC(C)(Oc1cc(C(=O)OC2C3CC4C2OC(=O)C4C3C(=O)Oc2ccccc2)ccc1F)c1ccccc1. The van der Waals surface area contributed by atoms with Crippen molar-refractivity contribution in [2.24, 2.45) is 23.7 Å². The number of carbonyl (C=O) groups excluding carboxylic acids is 3. The smallest absolute Gasteiger partial charge is 0.338 e. The van der Waals surface area contributed by atoms with Crippen LogP contribution in [0.4, 0.5) is 4.39 Å². The number of para-hydroxylation sites is 1. The number of fused-ring (bicyclic) bond motifs is 1. The summed E-state index contributed by atoms with van der Waals surface area (Å²) in [6.45, 7) is 3.61. The lowest BCUT2D eigenvalue weighted by Crippen LogP contribution is -2.44. The first-order valence-corrected chi connectivity index (χ1v) is 13.0. The summed E-state index contributed by atoms with van der Waals surface area (Å²) in [4.78, 5) is 39.1. The Bertz CT molecular complexity index is 1420. The van der Waals surface area contributed by atoms with Gasteiger partial charge in [-0.15, -0.1) is 0 Å². The third-order valence-electron chi connectivity index (χ3n) is 8.02. The second-order valence-corrected chi connectivity index (χ2v) is 10.7. The number of esters is 3. The monoisotopic (exact) mass is 530 g/mol. The van der Waals surface area contributed by atoms with Gasteiger partial charge in [-0.25, -0.2) is 9.18 Å². The maximum Gasteiger partial charge on any atom is 0.338 e. The van der Waals surface area contributed by atoms with Gasteiger partial charge in [0.1, 0.15) is 23.6 Å². The van der Waals surface area contributed by atoms with Gasteiger partial charge in [-0.1, -0.05) is 48.5 Å². The van der Waals surface area contributed by atoms with Gasteiger partial charge in [0.05, 0.1) is 17.4 Å². The van der Waals surface area contributed by atoms with Gasteiger partial charge in [-0.3, -0.25) is 9.59 Å². The molecule has 3 aromatic carbocycles. The molecule has 0 N–H and O–H groups in total. The van der Waals surface area contributed by atoms with Crippen LogP contribution in [0.1, 0.15) is 36.2 Å². The number of rotatable bonds is 7. The van der Waals surface area contributed by atoms with Crippen LogP contribution in [0.3, 0.4) is 0 Å². The number of carbonyl (C=O) groups is 3. The standard InChI is InChI=1S/C31H27FO7/c1-31(2,18-9-5-3-6-10-18)39-23-15-17(13-14-22(23)32)28(33)37-26-20-16-21-25(30(35)38-27(21)26)24(20)29(34)36-19-11-7-4-8-12-19/h3-15,20-21,24-27H,16H2,1-2H3. The molecule has 3 aromatic rings. The van der Waals surface area contributed by atoms with E-state index in [0.29, 0.717) is 12.2 Å². The first kappa shape index (κ1) is 25.1. The highest BCUT2D eigenvalue weighted by Gasteiger charge is 2.70. The van der Waals surface area contributed by atoms with Crippen molar-refractivity contribution in [1.29, 1.82) is 0 Å². The minimum Gasteiger partial charge on any atom is -0.480 e. The fourth-order valence-corrected chi connectivity index (χ4v) is 6.22. The molecule has 3 fully saturated rings. The number of hydrogen-bond donors (Lipinski definition) is 0. The van der Waals surface area contributed by atoms with E-state index in [1.165, 1.54) is 12.1 Å². The van der Waals surface area contributed by atoms with E-state index in [1.54, 1.807) is 30.3 Å². The van der Waals surface area contributed by atoms with Crippen LogP contribution in [-0.4, -0.2) is 30.1 Å². The van der Waals surface area contributed by atoms with Crippen LogP contribution >= 0.6 is 0 Å². The molecule has 3 aliphatic rings. The molecule has 0 spiro atoms. The number of hydrogen-bond acceptors (Lipinski definition) is 7. The van der Waals surface area contributed by atoms with Crippen LogP contribution < -0.4 is 9.47 Å². The summed E-state index contributed by atoms with van der Waals surface area (Å²) in [7, 11) is 0.